The van der Waals surface area contributed by atoms with E-state index in [-0.39, 0.29) is 31.6 Å². The van der Waals surface area contributed by atoms with E-state index in [2.05, 4.69) is 20.3 Å². The van der Waals surface area contributed by atoms with Gasteiger partial charge in [0.15, 0.2) is 5.82 Å². The largest absolute Gasteiger partial charge is 0.462 e. The Morgan fingerprint density at radius 2 is 1.84 bits per heavy atom. The molecule has 0 amide bonds. The second kappa shape index (κ2) is 11.1. The Bertz CT molecular complexity index is 1840. The number of nitrogens with one attached hydrogen (secondary N) is 1. The van der Waals surface area contributed by atoms with Crippen LogP contribution in [0.2, 0.25) is 0 Å². The molecule has 9 nitrogen and oxygen atoms in total. The van der Waals surface area contributed by atoms with Crippen LogP contribution in [0.1, 0.15) is 37.3 Å². The van der Waals surface area contributed by atoms with Crippen molar-refractivity contribution in [3.63, 3.8) is 0 Å². The van der Waals surface area contributed by atoms with Gasteiger partial charge >= 0.3 is 18.4 Å². The average molecular weight is 710 g/mol. The van der Waals surface area contributed by atoms with Gasteiger partial charge in [-0.05, 0) is 31.4 Å². The van der Waals surface area contributed by atoms with Gasteiger partial charge in [-0.15, -0.1) is 0 Å². The van der Waals surface area contributed by atoms with Gasteiger partial charge in [-0.2, -0.15) is 36.3 Å². The summed E-state index contributed by atoms with van der Waals surface area (Å²) in [6, 6.07) is -2.00. The number of benzene rings is 1. The van der Waals surface area contributed by atoms with Crippen LogP contribution in [0.15, 0.2) is 6.07 Å². The van der Waals surface area contributed by atoms with Crippen LogP contribution >= 0.6 is 0 Å². The molecule has 4 aliphatic rings. The minimum Gasteiger partial charge on any atom is -0.462 e. The molecule has 0 saturated carbocycles. The summed E-state index contributed by atoms with van der Waals surface area (Å²) >= 11 is 0. The molecule has 1 aromatic carbocycles. The number of halogens is 10. The molecule has 0 spiro atoms. The van der Waals surface area contributed by atoms with E-state index in [1.165, 1.54) is 9.80 Å². The number of aromatic nitrogens is 3. The van der Waals surface area contributed by atoms with Gasteiger partial charge in [-0.25, -0.2) is 22.5 Å². The lowest BCUT2D eigenvalue weighted by Gasteiger charge is -2.46. The minimum atomic E-state index is -5.29. The number of nitrogen functional groups attached to an aromatic ring is 1. The smallest absolute Gasteiger partial charge is 0.427 e. The highest BCUT2D eigenvalue weighted by atomic mass is 19.4. The number of rotatable bonds is 5. The van der Waals surface area contributed by atoms with Crippen LogP contribution < -0.4 is 25.4 Å². The van der Waals surface area contributed by atoms with Crippen LogP contribution in [-0.4, -0.2) is 88.5 Å². The molecule has 3 N–H and O–H groups in total. The minimum absolute atomic E-state index is 0.0820. The molecule has 0 radical (unpaired) electrons. The molecule has 4 atom stereocenters. The number of hydrogen-bond donors (Lipinski definition) is 2. The lowest BCUT2D eigenvalue weighted by atomic mass is 9.85. The SMILES string of the molecule is CC[C@@H]1CN2c3nc(OCC45CCN4CC(F)(F)C5)nc4c(F)c(-c5cc(N)c(F)c(C)c5C(F)(F)F)nc(c34)OC(C(F)(F)F)[C@@H]2CN1. The van der Waals surface area contributed by atoms with Gasteiger partial charge in [0, 0.05) is 37.7 Å². The van der Waals surface area contributed by atoms with Crippen molar-refractivity contribution < 1.29 is 53.4 Å². The van der Waals surface area contributed by atoms with Crippen molar-refractivity contribution in [1.82, 2.24) is 25.2 Å². The van der Waals surface area contributed by atoms with E-state index in [0.29, 0.717) is 25.5 Å². The zero-order valence-electron chi connectivity index (χ0n) is 25.9. The Labute approximate surface area is 271 Å². The van der Waals surface area contributed by atoms with Crippen LogP contribution in [0.5, 0.6) is 11.9 Å². The van der Waals surface area contributed by atoms with Crippen molar-refractivity contribution in [2.24, 2.45) is 0 Å². The van der Waals surface area contributed by atoms with Gasteiger partial charge in [-0.1, -0.05) is 6.92 Å². The van der Waals surface area contributed by atoms with Crippen molar-refractivity contribution in [1.29, 1.82) is 0 Å². The monoisotopic (exact) mass is 709 g/mol. The standard InChI is InChI=1S/C30H29F10N7O2/c1-3-13-8-47-16(7-42-13)23(30(38,39)40)49-25-17-22(20(32)21(43-25)14-6-15(41)19(31)12(2)18(14)29(35,36)37)44-26(45-24(17)47)48-11-27-4-5-46(27)10-28(33,34)9-27/h6,13,16,23,42H,3-5,7-11,41H2,1-2H3/t13-,16+,23?,27?/m1/s1. The summed E-state index contributed by atoms with van der Waals surface area (Å²) in [4.78, 5) is 15.0. The number of ether oxygens (including phenoxy) is 2. The summed E-state index contributed by atoms with van der Waals surface area (Å²) in [5.74, 6) is -7.19. The van der Waals surface area contributed by atoms with Crippen LogP contribution in [-0.2, 0) is 6.18 Å². The maximum absolute atomic E-state index is 16.7. The Hall–Kier alpha value is -3.87. The highest BCUT2D eigenvalue weighted by Gasteiger charge is 2.60. The van der Waals surface area contributed by atoms with Crippen molar-refractivity contribution >= 4 is 22.4 Å². The van der Waals surface area contributed by atoms with E-state index in [0.717, 1.165) is 6.92 Å². The summed E-state index contributed by atoms with van der Waals surface area (Å²) in [6.45, 7) is 1.67. The Morgan fingerprint density at radius 1 is 1.10 bits per heavy atom. The van der Waals surface area contributed by atoms with E-state index in [9.17, 15) is 39.5 Å². The summed E-state index contributed by atoms with van der Waals surface area (Å²) in [6.07, 6.45) is -12.7. The molecule has 266 valence electrons. The molecule has 7 rings (SSSR count). The topological polar surface area (TPSA) is 102 Å². The molecule has 2 unspecified atom stereocenters. The number of anilines is 2. The molecule has 4 aliphatic heterocycles. The lowest BCUT2D eigenvalue weighted by Crippen LogP contribution is -2.64. The normalized spacial score (nSPS) is 26.5. The van der Waals surface area contributed by atoms with Crippen LogP contribution in [0, 0.1) is 18.6 Å². The number of nitrogens with two attached hydrogens (primary N) is 1. The first-order chi connectivity index (χ1) is 22.8. The Balaban J connectivity index is 1.46. The molecular formula is C30H29F10N7O2. The third-order valence-electron chi connectivity index (χ3n) is 9.88. The lowest BCUT2D eigenvalue weighted by molar-refractivity contribution is -0.201. The van der Waals surface area contributed by atoms with E-state index >= 15 is 4.39 Å². The summed E-state index contributed by atoms with van der Waals surface area (Å²) in [5, 5.41) is 2.53. The number of pyridine rings is 1. The van der Waals surface area contributed by atoms with Crippen molar-refractivity contribution in [2.75, 3.05) is 43.4 Å². The molecule has 6 heterocycles. The summed E-state index contributed by atoms with van der Waals surface area (Å²) < 4.78 is 158. The third kappa shape index (κ3) is 5.43. The van der Waals surface area contributed by atoms with E-state index in [4.69, 9.17) is 15.2 Å². The average Bonchev–Trinajstić information content (AvgIpc) is 3.10. The van der Waals surface area contributed by atoms with Crippen molar-refractivity contribution in [3.05, 3.63) is 28.8 Å². The van der Waals surface area contributed by atoms with Gasteiger partial charge in [0.1, 0.15) is 34.8 Å². The van der Waals surface area contributed by atoms with E-state index in [1.54, 1.807) is 6.92 Å². The first kappa shape index (κ1) is 33.6. The fraction of sp³-hybridized carbons (Fsp3) is 0.567. The first-order valence-electron chi connectivity index (χ1n) is 15.4. The highest BCUT2D eigenvalue weighted by molar-refractivity contribution is 5.97. The van der Waals surface area contributed by atoms with Crippen LogP contribution in [0.3, 0.4) is 0 Å². The van der Waals surface area contributed by atoms with E-state index < -0.39 is 111 Å². The first-order valence-corrected chi connectivity index (χ1v) is 15.4. The molecule has 19 heteroatoms. The molecule has 0 aliphatic carbocycles. The van der Waals surface area contributed by atoms with Gasteiger partial charge in [0.2, 0.25) is 12.0 Å². The predicted molar refractivity (Wildman–Crippen MR) is 155 cm³/mol. The molecule has 3 saturated heterocycles. The third-order valence-corrected chi connectivity index (χ3v) is 9.88. The predicted octanol–water partition coefficient (Wildman–Crippen LogP) is 5.62. The quantitative estimate of drug-likeness (QED) is 0.258. The van der Waals surface area contributed by atoms with Crippen molar-refractivity contribution in [3.8, 4) is 23.1 Å². The fourth-order valence-electron chi connectivity index (χ4n) is 7.38. The summed E-state index contributed by atoms with van der Waals surface area (Å²) in [7, 11) is 0. The second-order valence-corrected chi connectivity index (χ2v) is 13.0. The Kier molecular flexibility index (Phi) is 7.59. The molecule has 3 aromatic rings. The fourth-order valence-corrected chi connectivity index (χ4v) is 7.38. The van der Waals surface area contributed by atoms with Gasteiger partial charge < -0.3 is 25.4 Å². The highest BCUT2D eigenvalue weighted by Crippen LogP contribution is 2.49. The maximum atomic E-state index is 16.7. The number of piperazine rings is 1. The summed E-state index contributed by atoms with van der Waals surface area (Å²) in [5.41, 5.74) is -1.96. The van der Waals surface area contributed by atoms with Crippen LogP contribution in [0.4, 0.5) is 55.4 Å². The molecular weight excluding hydrogens is 680 g/mol. The van der Waals surface area contributed by atoms with Crippen LogP contribution in [0.25, 0.3) is 22.2 Å². The second-order valence-electron chi connectivity index (χ2n) is 13.0. The molecule has 2 aromatic heterocycles. The maximum Gasteiger partial charge on any atom is 0.427 e. The number of nitrogens with zero attached hydrogens (tertiary/aromatic N) is 5. The molecule has 3 fully saturated rings. The van der Waals surface area contributed by atoms with Gasteiger partial charge in [0.25, 0.3) is 5.92 Å². The molecule has 49 heavy (non-hydrogen) atoms. The number of alkyl halides is 8. The van der Waals surface area contributed by atoms with E-state index in [1.807, 2.05) is 0 Å². The zero-order chi connectivity index (χ0) is 35.4. The van der Waals surface area contributed by atoms with Gasteiger partial charge in [-0.3, -0.25) is 4.90 Å². The molecule has 0 bridgehead atoms. The van der Waals surface area contributed by atoms with Crippen molar-refractivity contribution in [2.45, 2.75) is 75.1 Å². The van der Waals surface area contributed by atoms with Gasteiger partial charge in [0.05, 0.1) is 29.4 Å². The Morgan fingerprint density at radius 3 is 2.45 bits per heavy atom. The number of hydrogen-bond acceptors (Lipinski definition) is 9. The number of fused-ring (bicyclic) bond motifs is 3. The zero-order valence-corrected chi connectivity index (χ0v) is 25.9.